The van der Waals surface area contributed by atoms with E-state index in [2.05, 4.69) is 15.3 Å². The minimum atomic E-state index is -1.26. The topological polar surface area (TPSA) is 123 Å². The molecule has 2 heterocycles. The maximum atomic E-state index is 11.0. The van der Waals surface area contributed by atoms with Gasteiger partial charge in [0.05, 0.1) is 16.8 Å². The first kappa shape index (κ1) is 14.4. The Hall–Kier alpha value is -2.97. The summed E-state index contributed by atoms with van der Waals surface area (Å²) < 4.78 is 1.81. The van der Waals surface area contributed by atoms with E-state index in [0.717, 1.165) is 12.3 Å². The Bertz CT molecular complexity index is 656. The molecule has 21 heavy (non-hydrogen) atoms. The highest BCUT2D eigenvalue weighted by Crippen LogP contribution is 2.23. The molecule has 110 valence electrons. The van der Waals surface area contributed by atoms with E-state index >= 15 is 0 Å². The number of pyridine rings is 1. The number of nitrogens with zero attached hydrogens (tertiary/aromatic N) is 4. The van der Waals surface area contributed by atoms with Gasteiger partial charge < -0.3 is 15.0 Å². The fourth-order valence-electron chi connectivity index (χ4n) is 1.81. The molecule has 0 aliphatic heterocycles. The molecule has 2 rings (SSSR count). The summed E-state index contributed by atoms with van der Waals surface area (Å²) in [5.74, 6) is -1.22. The van der Waals surface area contributed by atoms with Gasteiger partial charge in [0.15, 0.2) is 0 Å². The molecule has 2 aromatic rings. The van der Waals surface area contributed by atoms with Crippen molar-refractivity contribution in [3.63, 3.8) is 0 Å². The van der Waals surface area contributed by atoms with Gasteiger partial charge in [-0.2, -0.15) is 0 Å². The lowest BCUT2D eigenvalue weighted by atomic mass is 10.2. The standard InChI is InChI=1S/C12H13N5O4/c1-8(6-16-3-2-13-7-16)15-11-10(17(20)21)4-9(5-14-11)12(18)19/h2-5,7-8H,6H2,1H3,(H,14,15)(H,18,19). The molecule has 0 radical (unpaired) electrons. The van der Waals surface area contributed by atoms with Gasteiger partial charge in [0.2, 0.25) is 5.82 Å². The van der Waals surface area contributed by atoms with Gasteiger partial charge in [0, 0.05) is 37.2 Å². The summed E-state index contributed by atoms with van der Waals surface area (Å²) in [4.78, 5) is 28.9. The molecular weight excluding hydrogens is 278 g/mol. The largest absolute Gasteiger partial charge is 0.478 e. The molecule has 0 aliphatic carbocycles. The molecule has 0 spiro atoms. The maximum Gasteiger partial charge on any atom is 0.337 e. The Morgan fingerprint density at radius 1 is 1.62 bits per heavy atom. The summed E-state index contributed by atoms with van der Waals surface area (Å²) in [7, 11) is 0. The van der Waals surface area contributed by atoms with Crippen LogP contribution in [-0.4, -0.2) is 36.6 Å². The third kappa shape index (κ3) is 3.53. The Labute approximate surface area is 119 Å². The van der Waals surface area contributed by atoms with Crippen LogP contribution in [-0.2, 0) is 6.54 Å². The lowest BCUT2D eigenvalue weighted by molar-refractivity contribution is -0.384. The van der Waals surface area contributed by atoms with E-state index in [1.54, 1.807) is 18.7 Å². The fourth-order valence-corrected chi connectivity index (χ4v) is 1.81. The Morgan fingerprint density at radius 2 is 2.38 bits per heavy atom. The number of nitro groups is 1. The molecule has 0 fully saturated rings. The van der Waals surface area contributed by atoms with Crippen molar-refractivity contribution >= 4 is 17.5 Å². The number of hydrogen-bond acceptors (Lipinski definition) is 6. The third-order valence-electron chi connectivity index (χ3n) is 2.74. The summed E-state index contributed by atoms with van der Waals surface area (Å²) in [6.07, 6.45) is 6.12. The average molecular weight is 291 g/mol. The second-order valence-corrected chi connectivity index (χ2v) is 4.46. The molecule has 1 unspecified atom stereocenters. The molecule has 0 saturated heterocycles. The summed E-state index contributed by atoms with van der Waals surface area (Å²) >= 11 is 0. The monoisotopic (exact) mass is 291 g/mol. The van der Waals surface area contributed by atoms with Crippen LogP contribution in [0, 0.1) is 10.1 Å². The summed E-state index contributed by atoms with van der Waals surface area (Å²) in [6.45, 7) is 2.37. The van der Waals surface area contributed by atoms with Crippen LogP contribution in [0.5, 0.6) is 0 Å². The Balaban J connectivity index is 2.18. The molecule has 0 aliphatic rings. The van der Waals surface area contributed by atoms with E-state index in [4.69, 9.17) is 5.11 Å². The second-order valence-electron chi connectivity index (χ2n) is 4.46. The van der Waals surface area contributed by atoms with E-state index in [0.29, 0.717) is 6.54 Å². The summed E-state index contributed by atoms with van der Waals surface area (Å²) in [5, 5.41) is 22.8. The number of rotatable bonds is 6. The number of carboxylic acids is 1. The fraction of sp³-hybridized carbons (Fsp3) is 0.250. The predicted molar refractivity (Wildman–Crippen MR) is 73.2 cm³/mol. The number of aromatic carboxylic acids is 1. The van der Waals surface area contributed by atoms with Crippen LogP contribution in [0.15, 0.2) is 31.0 Å². The molecule has 0 bridgehead atoms. The van der Waals surface area contributed by atoms with Gasteiger partial charge in [0.25, 0.3) is 0 Å². The molecule has 1 atom stereocenters. The number of carboxylic acid groups (broad SMARTS) is 1. The van der Waals surface area contributed by atoms with Crippen molar-refractivity contribution in [2.75, 3.05) is 5.32 Å². The molecule has 9 nitrogen and oxygen atoms in total. The molecule has 0 amide bonds. The smallest absolute Gasteiger partial charge is 0.337 e. The number of hydrogen-bond donors (Lipinski definition) is 2. The van der Waals surface area contributed by atoms with Gasteiger partial charge >= 0.3 is 11.7 Å². The van der Waals surface area contributed by atoms with Crippen LogP contribution in [0.25, 0.3) is 0 Å². The highest BCUT2D eigenvalue weighted by atomic mass is 16.6. The lowest BCUT2D eigenvalue weighted by Gasteiger charge is -2.15. The summed E-state index contributed by atoms with van der Waals surface area (Å²) in [5.41, 5.74) is -0.595. The lowest BCUT2D eigenvalue weighted by Crippen LogP contribution is -2.22. The second kappa shape index (κ2) is 5.99. The van der Waals surface area contributed by atoms with Crippen molar-refractivity contribution in [2.45, 2.75) is 19.5 Å². The van der Waals surface area contributed by atoms with Crippen LogP contribution >= 0.6 is 0 Å². The van der Waals surface area contributed by atoms with Crippen molar-refractivity contribution < 1.29 is 14.8 Å². The third-order valence-corrected chi connectivity index (χ3v) is 2.74. The number of aromatic nitrogens is 3. The normalized spacial score (nSPS) is 11.9. The van der Waals surface area contributed by atoms with Gasteiger partial charge in [-0.25, -0.2) is 14.8 Å². The van der Waals surface area contributed by atoms with Crippen LogP contribution < -0.4 is 5.32 Å². The van der Waals surface area contributed by atoms with Gasteiger partial charge in [-0.15, -0.1) is 0 Å². The molecule has 2 aromatic heterocycles. The van der Waals surface area contributed by atoms with Crippen molar-refractivity contribution in [3.8, 4) is 0 Å². The Kier molecular flexibility index (Phi) is 4.12. The highest BCUT2D eigenvalue weighted by Gasteiger charge is 2.20. The zero-order valence-electron chi connectivity index (χ0n) is 11.1. The molecule has 0 aromatic carbocycles. The number of imidazole rings is 1. The van der Waals surface area contributed by atoms with Crippen molar-refractivity contribution in [1.82, 2.24) is 14.5 Å². The van der Waals surface area contributed by atoms with Gasteiger partial charge in [0.1, 0.15) is 0 Å². The number of nitrogens with one attached hydrogen (secondary N) is 1. The van der Waals surface area contributed by atoms with Crippen LogP contribution in [0.1, 0.15) is 17.3 Å². The number of carbonyl (C=O) groups is 1. The van der Waals surface area contributed by atoms with Crippen LogP contribution in [0.2, 0.25) is 0 Å². The molecular formula is C12H13N5O4. The van der Waals surface area contributed by atoms with E-state index in [-0.39, 0.29) is 23.1 Å². The van der Waals surface area contributed by atoms with Crippen LogP contribution in [0.4, 0.5) is 11.5 Å². The number of anilines is 1. The van der Waals surface area contributed by atoms with Gasteiger partial charge in [-0.3, -0.25) is 10.1 Å². The minimum Gasteiger partial charge on any atom is -0.478 e. The quantitative estimate of drug-likeness (QED) is 0.608. The average Bonchev–Trinajstić information content (AvgIpc) is 2.91. The van der Waals surface area contributed by atoms with Crippen molar-refractivity contribution in [1.29, 1.82) is 0 Å². The highest BCUT2D eigenvalue weighted by molar-refractivity contribution is 5.88. The molecule has 2 N–H and O–H groups in total. The zero-order valence-corrected chi connectivity index (χ0v) is 11.1. The van der Waals surface area contributed by atoms with Crippen molar-refractivity contribution in [2.24, 2.45) is 0 Å². The van der Waals surface area contributed by atoms with E-state index in [1.807, 2.05) is 11.5 Å². The van der Waals surface area contributed by atoms with E-state index in [1.165, 1.54) is 0 Å². The first-order valence-corrected chi connectivity index (χ1v) is 6.07. The molecule has 0 saturated carbocycles. The first-order chi connectivity index (χ1) is 9.97. The van der Waals surface area contributed by atoms with Crippen LogP contribution in [0.3, 0.4) is 0 Å². The predicted octanol–water partition coefficient (Wildman–Crippen LogP) is 1.39. The molecule has 9 heteroatoms. The minimum absolute atomic E-state index is 0.0395. The van der Waals surface area contributed by atoms with E-state index in [9.17, 15) is 14.9 Å². The van der Waals surface area contributed by atoms with Crippen molar-refractivity contribution in [3.05, 3.63) is 46.7 Å². The SMILES string of the molecule is CC(Cn1ccnc1)Nc1ncc(C(=O)O)cc1[N+](=O)[O-]. The summed E-state index contributed by atoms with van der Waals surface area (Å²) in [6, 6.07) is 0.836. The van der Waals surface area contributed by atoms with E-state index < -0.39 is 10.9 Å². The maximum absolute atomic E-state index is 11.0. The Morgan fingerprint density at radius 3 is 2.95 bits per heavy atom. The van der Waals surface area contributed by atoms with Gasteiger partial charge in [-0.1, -0.05) is 0 Å². The van der Waals surface area contributed by atoms with Gasteiger partial charge in [-0.05, 0) is 6.92 Å². The first-order valence-electron chi connectivity index (χ1n) is 6.07. The zero-order chi connectivity index (χ0) is 15.4.